The number of carbonyl (C=O) groups is 2. The molecule has 0 aromatic heterocycles. The minimum atomic E-state index is -3.76. The minimum Gasteiger partial charge on any atom is -0.478 e. The van der Waals surface area contributed by atoms with Crippen molar-refractivity contribution < 1.29 is 23.1 Å². The van der Waals surface area contributed by atoms with E-state index in [0.717, 1.165) is 0 Å². The number of amides is 1. The van der Waals surface area contributed by atoms with Gasteiger partial charge in [-0.1, -0.05) is 0 Å². The van der Waals surface area contributed by atoms with Gasteiger partial charge in [-0.15, -0.1) is 0 Å². The lowest BCUT2D eigenvalue weighted by Gasteiger charge is -2.17. The average molecular weight is 298 g/mol. The van der Waals surface area contributed by atoms with E-state index >= 15 is 0 Å². The number of aromatic carboxylic acids is 1. The molecular formula is C12H14N2O5S. The van der Waals surface area contributed by atoms with Gasteiger partial charge in [0.25, 0.3) is 0 Å². The lowest BCUT2D eigenvalue weighted by Crippen LogP contribution is -2.32. The molecule has 108 valence electrons. The van der Waals surface area contributed by atoms with Gasteiger partial charge < -0.3 is 10.0 Å². The number of nitrogens with two attached hydrogens (primary N) is 1. The van der Waals surface area contributed by atoms with E-state index in [9.17, 15) is 18.0 Å². The van der Waals surface area contributed by atoms with Crippen LogP contribution in [0.3, 0.4) is 0 Å². The third kappa shape index (κ3) is 2.66. The molecule has 3 N–H and O–H groups in total. The van der Waals surface area contributed by atoms with Crippen LogP contribution in [0, 0.1) is 6.92 Å². The Kier molecular flexibility index (Phi) is 3.53. The van der Waals surface area contributed by atoms with Crippen LogP contribution in [0.4, 0.5) is 5.69 Å². The molecule has 2 rings (SSSR count). The average Bonchev–Trinajstić information content (AvgIpc) is 2.70. The number of primary sulfonamides is 1. The first-order chi connectivity index (χ1) is 9.20. The third-order valence-corrected chi connectivity index (χ3v) is 4.55. The smallest absolute Gasteiger partial charge is 0.335 e. The first-order valence-electron chi connectivity index (χ1n) is 5.86. The number of sulfonamides is 1. The molecule has 1 fully saturated rings. The second kappa shape index (κ2) is 4.88. The minimum absolute atomic E-state index is 0.0104. The number of aryl methyl sites for hydroxylation is 1. The Hall–Kier alpha value is -1.93. The quantitative estimate of drug-likeness (QED) is 0.819. The molecule has 1 aliphatic rings. The fraction of sp³-hybridized carbons (Fsp3) is 0.333. The highest BCUT2D eigenvalue weighted by Crippen LogP contribution is 2.26. The largest absolute Gasteiger partial charge is 0.478 e. The van der Waals surface area contributed by atoms with Crippen LogP contribution >= 0.6 is 0 Å². The second-order valence-corrected chi connectivity index (χ2v) is 6.57. The first-order valence-corrected chi connectivity index (χ1v) is 7.47. The molecule has 1 heterocycles. The van der Waals surface area contributed by atoms with E-state index in [1.807, 2.05) is 0 Å². The summed E-state index contributed by atoms with van der Waals surface area (Å²) in [4.78, 5) is 24.1. The van der Waals surface area contributed by atoms with E-state index in [2.05, 4.69) is 0 Å². The summed E-state index contributed by atoms with van der Waals surface area (Å²) in [6.45, 7) is 1.61. The predicted octanol–water partition coefficient (Wildman–Crippen LogP) is 0.0870. The van der Waals surface area contributed by atoms with Gasteiger partial charge in [0, 0.05) is 18.7 Å². The normalized spacial score (nSPS) is 19.4. The molecule has 0 bridgehead atoms. The van der Waals surface area contributed by atoms with Gasteiger partial charge in [-0.3, -0.25) is 4.79 Å². The van der Waals surface area contributed by atoms with E-state index in [0.29, 0.717) is 11.3 Å². The number of hydrogen-bond donors (Lipinski definition) is 2. The lowest BCUT2D eigenvalue weighted by atomic mass is 10.1. The SMILES string of the molecule is Cc1cc(N2CC(S(N)(=O)=O)CC2=O)ccc1C(=O)O. The fourth-order valence-corrected chi connectivity index (χ4v) is 2.93. The Bertz CT molecular complexity index is 683. The summed E-state index contributed by atoms with van der Waals surface area (Å²) >= 11 is 0. The molecule has 0 aliphatic carbocycles. The summed E-state index contributed by atoms with van der Waals surface area (Å²) < 4.78 is 22.6. The van der Waals surface area contributed by atoms with Gasteiger partial charge in [-0.2, -0.15) is 0 Å². The number of carbonyl (C=O) groups excluding carboxylic acids is 1. The highest BCUT2D eigenvalue weighted by Gasteiger charge is 2.37. The number of benzene rings is 1. The van der Waals surface area contributed by atoms with E-state index in [4.69, 9.17) is 10.2 Å². The molecule has 8 heteroatoms. The fourth-order valence-electron chi connectivity index (χ4n) is 2.20. The number of anilines is 1. The van der Waals surface area contributed by atoms with Crippen molar-refractivity contribution in [2.24, 2.45) is 5.14 Å². The molecule has 0 spiro atoms. The van der Waals surface area contributed by atoms with Crippen molar-refractivity contribution in [3.8, 4) is 0 Å². The van der Waals surface area contributed by atoms with Crippen LogP contribution in [0.1, 0.15) is 22.3 Å². The maximum atomic E-state index is 11.9. The molecule has 1 saturated heterocycles. The zero-order valence-electron chi connectivity index (χ0n) is 10.7. The van der Waals surface area contributed by atoms with Crippen LogP contribution < -0.4 is 10.0 Å². The molecule has 0 saturated carbocycles. The van der Waals surface area contributed by atoms with E-state index in [-0.39, 0.29) is 24.4 Å². The molecule has 1 unspecified atom stereocenters. The van der Waals surface area contributed by atoms with Crippen molar-refractivity contribution >= 4 is 27.6 Å². The zero-order chi connectivity index (χ0) is 15.1. The van der Waals surface area contributed by atoms with Crippen molar-refractivity contribution in [2.45, 2.75) is 18.6 Å². The van der Waals surface area contributed by atoms with Gasteiger partial charge in [0.2, 0.25) is 15.9 Å². The molecular weight excluding hydrogens is 284 g/mol. The van der Waals surface area contributed by atoms with Crippen LogP contribution in [0.25, 0.3) is 0 Å². The summed E-state index contributed by atoms with van der Waals surface area (Å²) in [7, 11) is -3.76. The molecule has 7 nitrogen and oxygen atoms in total. The predicted molar refractivity (Wildman–Crippen MR) is 72.0 cm³/mol. The van der Waals surface area contributed by atoms with E-state index in [1.165, 1.54) is 17.0 Å². The summed E-state index contributed by atoms with van der Waals surface area (Å²) in [6, 6.07) is 4.43. The number of hydrogen-bond acceptors (Lipinski definition) is 4. The second-order valence-electron chi connectivity index (χ2n) is 4.72. The van der Waals surface area contributed by atoms with Crippen LogP contribution in [-0.2, 0) is 14.8 Å². The number of nitrogens with zero attached hydrogens (tertiary/aromatic N) is 1. The Morgan fingerprint density at radius 3 is 2.55 bits per heavy atom. The lowest BCUT2D eigenvalue weighted by molar-refractivity contribution is -0.117. The topological polar surface area (TPSA) is 118 Å². The van der Waals surface area contributed by atoms with Crippen molar-refractivity contribution in [1.82, 2.24) is 0 Å². The highest BCUT2D eigenvalue weighted by atomic mass is 32.2. The highest BCUT2D eigenvalue weighted by molar-refractivity contribution is 7.89. The van der Waals surface area contributed by atoms with Crippen molar-refractivity contribution in [3.05, 3.63) is 29.3 Å². The van der Waals surface area contributed by atoms with E-state index < -0.39 is 21.2 Å². The maximum Gasteiger partial charge on any atom is 0.335 e. The van der Waals surface area contributed by atoms with Gasteiger partial charge >= 0.3 is 5.97 Å². The van der Waals surface area contributed by atoms with Crippen LogP contribution in [0.15, 0.2) is 18.2 Å². The Balaban J connectivity index is 2.31. The maximum absolute atomic E-state index is 11.9. The van der Waals surface area contributed by atoms with Crippen LogP contribution in [0.2, 0.25) is 0 Å². The van der Waals surface area contributed by atoms with E-state index in [1.54, 1.807) is 13.0 Å². The monoisotopic (exact) mass is 298 g/mol. The summed E-state index contributed by atoms with van der Waals surface area (Å²) in [5.41, 5.74) is 1.12. The number of carboxylic acids is 1. The zero-order valence-corrected chi connectivity index (χ0v) is 11.6. The van der Waals surface area contributed by atoms with Gasteiger partial charge in [0.1, 0.15) is 5.25 Å². The molecule has 1 aromatic carbocycles. The molecule has 1 atom stereocenters. The third-order valence-electron chi connectivity index (χ3n) is 3.31. The Morgan fingerprint density at radius 1 is 1.45 bits per heavy atom. The summed E-state index contributed by atoms with van der Waals surface area (Å²) in [6.07, 6.45) is -0.154. The molecule has 0 radical (unpaired) electrons. The van der Waals surface area contributed by atoms with Crippen molar-refractivity contribution in [3.63, 3.8) is 0 Å². The number of rotatable bonds is 3. The van der Waals surface area contributed by atoms with Crippen molar-refractivity contribution in [2.75, 3.05) is 11.4 Å². The Morgan fingerprint density at radius 2 is 2.10 bits per heavy atom. The summed E-state index contributed by atoms with van der Waals surface area (Å²) in [5.74, 6) is -1.39. The molecule has 1 amide bonds. The van der Waals surface area contributed by atoms with Crippen LogP contribution in [-0.4, -0.2) is 37.2 Å². The van der Waals surface area contributed by atoms with Gasteiger partial charge in [-0.05, 0) is 30.7 Å². The van der Waals surface area contributed by atoms with Crippen LogP contribution in [0.5, 0.6) is 0 Å². The van der Waals surface area contributed by atoms with Crippen molar-refractivity contribution in [1.29, 1.82) is 0 Å². The standard InChI is InChI=1S/C12H14N2O5S/c1-7-4-8(2-3-10(7)12(16)17)14-6-9(5-11(14)15)20(13,18)19/h2-4,9H,5-6H2,1H3,(H,16,17)(H2,13,18,19). The van der Waals surface area contributed by atoms with Gasteiger partial charge in [0.05, 0.1) is 5.56 Å². The first kappa shape index (κ1) is 14.5. The molecule has 20 heavy (non-hydrogen) atoms. The summed E-state index contributed by atoms with van der Waals surface area (Å²) in [5, 5.41) is 13.1. The molecule has 1 aliphatic heterocycles. The number of carboxylic acid groups (broad SMARTS) is 1. The van der Waals surface area contributed by atoms with Gasteiger partial charge in [-0.25, -0.2) is 18.4 Å². The molecule has 1 aromatic rings. The Labute approximate surface area is 116 Å². The van der Waals surface area contributed by atoms with Gasteiger partial charge in [0.15, 0.2) is 0 Å².